The Bertz CT molecular complexity index is 533. The SMILES string of the molecule is O=C(O)c1cc(N2CCOCC2CO)ccc1[N+](=O)[O-]. The van der Waals surface area contributed by atoms with Crippen LogP contribution in [0.3, 0.4) is 0 Å². The number of benzene rings is 1. The zero-order valence-corrected chi connectivity index (χ0v) is 10.6. The summed E-state index contributed by atoms with van der Waals surface area (Å²) in [5.41, 5.74) is -0.291. The fourth-order valence-corrected chi connectivity index (χ4v) is 2.18. The molecule has 1 aromatic carbocycles. The minimum atomic E-state index is -1.35. The van der Waals surface area contributed by atoms with E-state index in [4.69, 9.17) is 9.84 Å². The summed E-state index contributed by atoms with van der Waals surface area (Å²) in [4.78, 5) is 23.0. The molecule has 1 fully saturated rings. The van der Waals surface area contributed by atoms with Crippen molar-refractivity contribution < 1.29 is 24.7 Å². The molecule has 0 bridgehead atoms. The zero-order chi connectivity index (χ0) is 14.7. The third kappa shape index (κ3) is 2.70. The van der Waals surface area contributed by atoms with E-state index in [2.05, 4.69) is 0 Å². The van der Waals surface area contributed by atoms with Crippen LogP contribution in [0.4, 0.5) is 11.4 Å². The van der Waals surface area contributed by atoms with Crippen LogP contribution in [0.25, 0.3) is 0 Å². The summed E-state index contributed by atoms with van der Waals surface area (Å²) < 4.78 is 5.24. The van der Waals surface area contributed by atoms with Crippen molar-refractivity contribution >= 4 is 17.3 Å². The number of carboxylic acids is 1. The molecule has 0 aromatic heterocycles. The lowest BCUT2D eigenvalue weighted by atomic mass is 10.1. The first-order chi connectivity index (χ1) is 9.54. The first-order valence-corrected chi connectivity index (χ1v) is 6.01. The minimum Gasteiger partial charge on any atom is -0.477 e. The Labute approximate surface area is 114 Å². The largest absolute Gasteiger partial charge is 0.477 e. The van der Waals surface area contributed by atoms with Gasteiger partial charge in [-0.1, -0.05) is 0 Å². The van der Waals surface area contributed by atoms with Crippen molar-refractivity contribution in [3.8, 4) is 0 Å². The second-order valence-corrected chi connectivity index (χ2v) is 4.37. The van der Waals surface area contributed by atoms with Crippen molar-refractivity contribution in [1.82, 2.24) is 0 Å². The average Bonchev–Trinajstić information content (AvgIpc) is 2.46. The van der Waals surface area contributed by atoms with E-state index in [0.717, 1.165) is 0 Å². The lowest BCUT2D eigenvalue weighted by Crippen LogP contribution is -2.47. The van der Waals surface area contributed by atoms with Crippen molar-refractivity contribution in [3.63, 3.8) is 0 Å². The van der Waals surface area contributed by atoms with Crippen LogP contribution in [-0.2, 0) is 4.74 Å². The van der Waals surface area contributed by atoms with Gasteiger partial charge < -0.3 is 19.8 Å². The van der Waals surface area contributed by atoms with Gasteiger partial charge in [0, 0.05) is 18.3 Å². The van der Waals surface area contributed by atoms with Gasteiger partial charge in [-0.25, -0.2) is 4.79 Å². The van der Waals surface area contributed by atoms with Crippen LogP contribution < -0.4 is 4.90 Å². The molecule has 1 aliphatic rings. The quantitative estimate of drug-likeness (QED) is 0.610. The molecule has 1 aliphatic heterocycles. The summed E-state index contributed by atoms with van der Waals surface area (Å²) in [5, 5.41) is 29.2. The third-order valence-electron chi connectivity index (χ3n) is 3.18. The van der Waals surface area contributed by atoms with E-state index >= 15 is 0 Å². The van der Waals surface area contributed by atoms with Gasteiger partial charge in [-0.15, -0.1) is 0 Å². The molecule has 108 valence electrons. The minimum absolute atomic E-state index is 0.139. The number of ether oxygens (including phenoxy) is 1. The topological polar surface area (TPSA) is 113 Å². The molecule has 1 saturated heterocycles. The number of nitro groups is 1. The molecule has 2 rings (SSSR count). The van der Waals surface area contributed by atoms with E-state index in [1.54, 1.807) is 4.90 Å². The number of aliphatic hydroxyl groups is 1. The van der Waals surface area contributed by atoms with Crippen molar-refractivity contribution in [2.75, 3.05) is 31.3 Å². The molecule has 0 aliphatic carbocycles. The van der Waals surface area contributed by atoms with Gasteiger partial charge in [0.1, 0.15) is 5.56 Å². The second kappa shape index (κ2) is 5.85. The van der Waals surface area contributed by atoms with Crippen LogP contribution in [0.5, 0.6) is 0 Å². The first kappa shape index (κ1) is 14.2. The smallest absolute Gasteiger partial charge is 0.342 e. The van der Waals surface area contributed by atoms with Crippen molar-refractivity contribution in [1.29, 1.82) is 0 Å². The Morgan fingerprint density at radius 2 is 2.30 bits per heavy atom. The maximum Gasteiger partial charge on any atom is 0.342 e. The molecule has 0 radical (unpaired) electrons. The first-order valence-electron chi connectivity index (χ1n) is 6.01. The molecular weight excluding hydrogens is 268 g/mol. The number of carbonyl (C=O) groups is 1. The molecule has 0 spiro atoms. The van der Waals surface area contributed by atoms with Gasteiger partial charge in [-0.2, -0.15) is 0 Å². The molecule has 1 heterocycles. The van der Waals surface area contributed by atoms with E-state index in [1.807, 2.05) is 0 Å². The molecule has 2 N–H and O–H groups in total. The highest BCUT2D eigenvalue weighted by molar-refractivity contribution is 5.93. The molecular formula is C12H14N2O6. The lowest BCUT2D eigenvalue weighted by Gasteiger charge is -2.36. The number of aliphatic hydroxyl groups excluding tert-OH is 1. The van der Waals surface area contributed by atoms with Gasteiger partial charge in [0.15, 0.2) is 0 Å². The predicted octanol–water partition coefficient (Wildman–Crippen LogP) is 0.490. The van der Waals surface area contributed by atoms with Crippen LogP contribution in [-0.4, -0.2) is 53.5 Å². The molecule has 0 amide bonds. The Morgan fingerprint density at radius 3 is 2.90 bits per heavy atom. The predicted molar refractivity (Wildman–Crippen MR) is 69.1 cm³/mol. The summed E-state index contributed by atoms with van der Waals surface area (Å²) in [6.07, 6.45) is 0. The normalized spacial score (nSPS) is 18.9. The molecule has 8 heteroatoms. The summed E-state index contributed by atoms with van der Waals surface area (Å²) in [7, 11) is 0. The molecule has 1 atom stereocenters. The second-order valence-electron chi connectivity index (χ2n) is 4.37. The number of carboxylic acid groups (broad SMARTS) is 1. The Morgan fingerprint density at radius 1 is 1.55 bits per heavy atom. The van der Waals surface area contributed by atoms with Gasteiger partial charge in [-0.3, -0.25) is 10.1 Å². The highest BCUT2D eigenvalue weighted by Gasteiger charge is 2.26. The van der Waals surface area contributed by atoms with Crippen molar-refractivity contribution in [2.24, 2.45) is 0 Å². The molecule has 1 aromatic rings. The summed E-state index contributed by atoms with van der Waals surface area (Å²) in [6, 6.07) is 3.63. The van der Waals surface area contributed by atoms with Crippen molar-refractivity contribution in [2.45, 2.75) is 6.04 Å². The fraction of sp³-hybridized carbons (Fsp3) is 0.417. The summed E-state index contributed by atoms with van der Waals surface area (Å²) in [6.45, 7) is 1.13. The number of anilines is 1. The molecule has 1 unspecified atom stereocenters. The number of nitro benzene ring substituents is 1. The van der Waals surface area contributed by atoms with Gasteiger partial charge in [0.2, 0.25) is 0 Å². The Hall–Kier alpha value is -2.19. The van der Waals surface area contributed by atoms with Gasteiger partial charge in [0.25, 0.3) is 5.69 Å². The summed E-state index contributed by atoms with van der Waals surface area (Å²) in [5.74, 6) is -1.35. The van der Waals surface area contributed by atoms with E-state index in [-0.39, 0.29) is 18.2 Å². The van der Waals surface area contributed by atoms with Crippen LogP contribution in [0.15, 0.2) is 18.2 Å². The van der Waals surface area contributed by atoms with Crippen LogP contribution in [0.1, 0.15) is 10.4 Å². The molecule has 20 heavy (non-hydrogen) atoms. The number of morpholine rings is 1. The highest BCUT2D eigenvalue weighted by atomic mass is 16.6. The third-order valence-corrected chi connectivity index (χ3v) is 3.18. The van der Waals surface area contributed by atoms with Crippen LogP contribution in [0, 0.1) is 10.1 Å². The van der Waals surface area contributed by atoms with E-state index < -0.39 is 16.6 Å². The standard InChI is InChI=1S/C12H14N2O6/c15-6-9-7-20-4-3-13(9)8-1-2-11(14(18)19)10(5-8)12(16)17/h1-2,5,9,15H,3-4,6-7H2,(H,16,17). The van der Waals surface area contributed by atoms with Crippen LogP contribution in [0.2, 0.25) is 0 Å². The Kier molecular flexibility index (Phi) is 4.16. The van der Waals surface area contributed by atoms with Crippen molar-refractivity contribution in [3.05, 3.63) is 33.9 Å². The number of hydrogen-bond donors (Lipinski definition) is 2. The van der Waals surface area contributed by atoms with E-state index in [0.29, 0.717) is 25.4 Å². The maximum absolute atomic E-state index is 11.1. The Balaban J connectivity index is 2.39. The number of hydrogen-bond acceptors (Lipinski definition) is 6. The van der Waals surface area contributed by atoms with Crippen LogP contribution >= 0.6 is 0 Å². The summed E-state index contributed by atoms with van der Waals surface area (Å²) >= 11 is 0. The maximum atomic E-state index is 11.1. The number of aromatic carboxylic acids is 1. The van der Waals surface area contributed by atoms with E-state index in [1.165, 1.54) is 18.2 Å². The zero-order valence-electron chi connectivity index (χ0n) is 10.6. The fourth-order valence-electron chi connectivity index (χ4n) is 2.18. The number of rotatable bonds is 4. The lowest BCUT2D eigenvalue weighted by molar-refractivity contribution is -0.385. The van der Waals surface area contributed by atoms with E-state index in [9.17, 15) is 20.0 Å². The van der Waals surface area contributed by atoms with Gasteiger partial charge in [0.05, 0.1) is 30.8 Å². The number of nitrogens with zero attached hydrogens (tertiary/aromatic N) is 2. The monoisotopic (exact) mass is 282 g/mol. The molecule has 8 nitrogen and oxygen atoms in total. The average molecular weight is 282 g/mol. The van der Waals surface area contributed by atoms with Gasteiger partial charge in [-0.05, 0) is 12.1 Å². The highest BCUT2D eigenvalue weighted by Crippen LogP contribution is 2.27. The van der Waals surface area contributed by atoms with Gasteiger partial charge >= 0.3 is 5.97 Å². The molecule has 0 saturated carbocycles.